The number of aliphatic imine (C=N–C) groups is 1. The maximum atomic E-state index is 5.99. The smallest absolute Gasteiger partial charge is 0.193 e. The normalized spacial score (nSPS) is 20.4. The van der Waals surface area contributed by atoms with Crippen LogP contribution in [0.5, 0.6) is 0 Å². The van der Waals surface area contributed by atoms with Gasteiger partial charge in [-0.15, -0.1) is 0 Å². The summed E-state index contributed by atoms with van der Waals surface area (Å²) in [4.78, 5) is 6.60. The zero-order chi connectivity index (χ0) is 18.5. The fourth-order valence-electron chi connectivity index (χ4n) is 3.50. The van der Waals surface area contributed by atoms with Crippen LogP contribution < -0.4 is 5.32 Å². The molecule has 0 bridgehead atoms. The van der Waals surface area contributed by atoms with Crippen LogP contribution in [0.1, 0.15) is 23.8 Å². The molecule has 2 aromatic rings. The number of nitrogens with zero attached hydrogens (tertiary/aromatic N) is 3. The van der Waals surface area contributed by atoms with Gasteiger partial charge in [-0.2, -0.15) is 0 Å². The Morgan fingerprint density at radius 1 is 1.38 bits per heavy atom. The van der Waals surface area contributed by atoms with Gasteiger partial charge in [0.05, 0.1) is 12.6 Å². The lowest BCUT2D eigenvalue weighted by Gasteiger charge is -2.25. The second-order valence-electron chi connectivity index (χ2n) is 6.80. The summed E-state index contributed by atoms with van der Waals surface area (Å²) in [7, 11) is 5.96. The van der Waals surface area contributed by atoms with Crippen molar-refractivity contribution >= 4 is 21.9 Å². The largest absolute Gasteiger partial charge is 0.373 e. The molecule has 3 rings (SSSR count). The van der Waals surface area contributed by atoms with E-state index >= 15 is 0 Å². The first-order chi connectivity index (χ1) is 12.6. The van der Waals surface area contributed by atoms with Crippen molar-refractivity contribution in [3.8, 4) is 0 Å². The molecule has 0 radical (unpaired) electrons. The minimum absolute atomic E-state index is 0.163. The van der Waals surface area contributed by atoms with Crippen LogP contribution in [0, 0.1) is 5.92 Å². The third-order valence-corrected chi connectivity index (χ3v) is 5.35. The lowest BCUT2D eigenvalue weighted by Crippen LogP contribution is -2.41. The minimum Gasteiger partial charge on any atom is -0.373 e. The second kappa shape index (κ2) is 8.73. The first-order valence-corrected chi connectivity index (χ1v) is 9.77. The van der Waals surface area contributed by atoms with E-state index < -0.39 is 0 Å². The number of ether oxygens (including phenoxy) is 1. The van der Waals surface area contributed by atoms with Crippen molar-refractivity contribution in [2.45, 2.75) is 19.1 Å². The first kappa shape index (κ1) is 19.0. The van der Waals surface area contributed by atoms with Crippen molar-refractivity contribution < 1.29 is 4.74 Å². The van der Waals surface area contributed by atoms with Crippen molar-refractivity contribution in [1.82, 2.24) is 14.8 Å². The fraction of sp³-hybridized carbons (Fsp3) is 0.450. The number of guanidine groups is 1. The predicted molar refractivity (Wildman–Crippen MR) is 109 cm³/mol. The number of nitrogens with one attached hydrogen (secondary N) is 1. The summed E-state index contributed by atoms with van der Waals surface area (Å²) in [5.74, 6) is 1.35. The number of aromatic nitrogens is 1. The lowest BCUT2D eigenvalue weighted by atomic mass is 9.95. The summed E-state index contributed by atoms with van der Waals surface area (Å²) in [5, 5.41) is 3.53. The summed E-state index contributed by atoms with van der Waals surface area (Å²) in [6.45, 7) is 2.47. The van der Waals surface area contributed by atoms with E-state index in [0.29, 0.717) is 5.92 Å². The van der Waals surface area contributed by atoms with E-state index in [2.05, 4.69) is 86.3 Å². The van der Waals surface area contributed by atoms with Crippen LogP contribution in [0.4, 0.5) is 0 Å². The van der Waals surface area contributed by atoms with Crippen LogP contribution in [0.2, 0.25) is 0 Å². The Bertz CT molecular complexity index is 744. The maximum Gasteiger partial charge on any atom is 0.193 e. The SMILES string of the molecule is CN=C(NCC1CCOC1c1ccccc1)N(C)Cc1cc(Br)cn1C. The van der Waals surface area contributed by atoms with Gasteiger partial charge in [-0.05, 0) is 34.0 Å². The summed E-state index contributed by atoms with van der Waals surface area (Å²) >= 11 is 3.53. The Hall–Kier alpha value is -1.79. The Morgan fingerprint density at radius 3 is 2.81 bits per heavy atom. The molecule has 0 saturated carbocycles. The molecule has 1 saturated heterocycles. The molecule has 1 aromatic carbocycles. The van der Waals surface area contributed by atoms with Crippen molar-refractivity contribution in [1.29, 1.82) is 0 Å². The molecule has 2 heterocycles. The maximum absolute atomic E-state index is 5.99. The van der Waals surface area contributed by atoms with E-state index in [-0.39, 0.29) is 6.10 Å². The van der Waals surface area contributed by atoms with E-state index in [1.165, 1.54) is 11.3 Å². The van der Waals surface area contributed by atoms with Gasteiger partial charge in [-0.25, -0.2) is 0 Å². The molecule has 2 unspecified atom stereocenters. The number of rotatable bonds is 5. The zero-order valence-corrected chi connectivity index (χ0v) is 17.2. The second-order valence-corrected chi connectivity index (χ2v) is 7.71. The van der Waals surface area contributed by atoms with Crippen LogP contribution in [0.15, 0.2) is 52.1 Å². The van der Waals surface area contributed by atoms with Gasteiger partial charge >= 0.3 is 0 Å². The molecule has 1 aliphatic heterocycles. The van der Waals surface area contributed by atoms with Gasteiger partial charge in [-0.3, -0.25) is 4.99 Å². The van der Waals surface area contributed by atoms with Gasteiger partial charge < -0.3 is 19.5 Å². The Labute approximate surface area is 164 Å². The quantitative estimate of drug-likeness (QED) is 0.595. The number of aryl methyl sites for hydroxylation is 1. The monoisotopic (exact) mass is 418 g/mol. The van der Waals surface area contributed by atoms with Crippen LogP contribution in [0.25, 0.3) is 0 Å². The molecule has 0 aliphatic carbocycles. The lowest BCUT2D eigenvalue weighted by molar-refractivity contribution is 0.0914. The molecule has 1 N–H and O–H groups in total. The topological polar surface area (TPSA) is 41.8 Å². The van der Waals surface area contributed by atoms with Gasteiger partial charge in [-0.1, -0.05) is 30.3 Å². The Balaban J connectivity index is 1.59. The van der Waals surface area contributed by atoms with E-state index in [1.807, 2.05) is 13.1 Å². The molecule has 1 aromatic heterocycles. The van der Waals surface area contributed by atoms with Gasteiger partial charge in [0.25, 0.3) is 0 Å². The highest BCUT2D eigenvalue weighted by molar-refractivity contribution is 9.10. The van der Waals surface area contributed by atoms with E-state index in [0.717, 1.165) is 36.5 Å². The molecule has 26 heavy (non-hydrogen) atoms. The van der Waals surface area contributed by atoms with E-state index in [1.54, 1.807) is 0 Å². The highest BCUT2D eigenvalue weighted by Crippen LogP contribution is 2.33. The fourth-order valence-corrected chi connectivity index (χ4v) is 4.07. The van der Waals surface area contributed by atoms with E-state index in [9.17, 15) is 0 Å². The summed E-state index contributed by atoms with van der Waals surface area (Å²) in [6, 6.07) is 12.6. The van der Waals surface area contributed by atoms with Crippen molar-refractivity contribution in [3.05, 3.63) is 58.3 Å². The van der Waals surface area contributed by atoms with Gasteiger partial charge in [0.15, 0.2) is 5.96 Å². The third kappa shape index (κ3) is 4.48. The summed E-state index contributed by atoms with van der Waals surface area (Å²) < 4.78 is 9.22. The molecule has 6 heteroatoms. The number of benzene rings is 1. The number of hydrogen-bond donors (Lipinski definition) is 1. The average Bonchev–Trinajstić information content (AvgIpc) is 3.22. The van der Waals surface area contributed by atoms with E-state index in [4.69, 9.17) is 4.74 Å². The zero-order valence-electron chi connectivity index (χ0n) is 15.7. The predicted octanol–water partition coefficient (Wildman–Crippen LogP) is 3.57. The standard InChI is InChI=1S/C20H27BrN4O/c1-22-20(25(3)14-18-11-17(21)13-24(18)2)23-12-16-9-10-26-19(16)15-7-5-4-6-8-15/h4-8,11,13,16,19H,9-10,12,14H2,1-3H3,(H,22,23). The Morgan fingerprint density at radius 2 is 2.15 bits per heavy atom. The third-order valence-electron chi connectivity index (χ3n) is 4.91. The molecule has 1 fully saturated rings. The number of halogens is 1. The highest BCUT2D eigenvalue weighted by atomic mass is 79.9. The summed E-state index contributed by atoms with van der Waals surface area (Å²) in [5.41, 5.74) is 2.49. The average molecular weight is 419 g/mol. The van der Waals surface area contributed by atoms with Crippen LogP contribution in [-0.2, 0) is 18.3 Å². The Kier molecular flexibility index (Phi) is 6.38. The van der Waals surface area contributed by atoms with Gasteiger partial charge in [0, 0.05) is 56.6 Å². The molecular formula is C20H27BrN4O. The van der Waals surface area contributed by atoms with Gasteiger partial charge in [0.2, 0.25) is 0 Å². The molecule has 2 atom stereocenters. The molecule has 0 spiro atoms. The first-order valence-electron chi connectivity index (χ1n) is 8.97. The van der Waals surface area contributed by atoms with Crippen molar-refractivity contribution in [2.24, 2.45) is 18.0 Å². The number of hydrogen-bond acceptors (Lipinski definition) is 2. The molecule has 5 nitrogen and oxygen atoms in total. The molecular weight excluding hydrogens is 392 g/mol. The molecule has 0 amide bonds. The highest BCUT2D eigenvalue weighted by Gasteiger charge is 2.29. The van der Waals surface area contributed by atoms with Crippen molar-refractivity contribution in [3.63, 3.8) is 0 Å². The van der Waals surface area contributed by atoms with Crippen LogP contribution in [-0.4, -0.2) is 42.7 Å². The molecule has 140 valence electrons. The van der Waals surface area contributed by atoms with Crippen LogP contribution >= 0.6 is 15.9 Å². The molecule has 1 aliphatic rings. The summed E-state index contributed by atoms with van der Waals surface area (Å²) in [6.07, 6.45) is 3.30. The van der Waals surface area contributed by atoms with Gasteiger partial charge in [0.1, 0.15) is 0 Å². The van der Waals surface area contributed by atoms with Crippen molar-refractivity contribution in [2.75, 3.05) is 27.2 Å². The van der Waals surface area contributed by atoms with Crippen LogP contribution in [0.3, 0.4) is 0 Å². The minimum atomic E-state index is 0.163.